The Morgan fingerprint density at radius 1 is 0.667 bits per heavy atom. The van der Waals surface area contributed by atoms with Crippen LogP contribution in [0.3, 0.4) is 0 Å². The first-order valence-corrected chi connectivity index (χ1v) is 15.8. The number of para-hydroxylation sites is 1. The molecule has 1 N–H and O–H groups in total. The lowest BCUT2D eigenvalue weighted by molar-refractivity contribution is 0.883. The van der Waals surface area contributed by atoms with E-state index in [1.54, 1.807) is 11.3 Å². The fourth-order valence-electron chi connectivity index (χ4n) is 5.06. The van der Waals surface area contributed by atoms with Crippen LogP contribution in [0.2, 0.25) is 5.02 Å². The van der Waals surface area contributed by atoms with Gasteiger partial charge in [-0.15, -0.1) is 0 Å². The largest absolute Gasteiger partial charge is 0.330 e. The van der Waals surface area contributed by atoms with E-state index in [2.05, 4.69) is 47.9 Å². The average Bonchev–Trinajstić information content (AvgIpc) is 3.73. The molecule has 0 unspecified atom stereocenters. The quantitative estimate of drug-likeness (QED) is 0.136. The van der Waals surface area contributed by atoms with E-state index in [0.29, 0.717) is 11.6 Å². The van der Waals surface area contributed by atoms with Crippen LogP contribution in [0, 0.1) is 0 Å². The summed E-state index contributed by atoms with van der Waals surface area (Å²) in [6.07, 6.45) is 2.06. The Bertz CT molecular complexity index is 2040. The molecule has 7 rings (SSSR count). The van der Waals surface area contributed by atoms with E-state index in [0.717, 1.165) is 60.7 Å². The van der Waals surface area contributed by atoms with Gasteiger partial charge < -0.3 is 5.32 Å². The number of nitrogens with one attached hydrogen (secondary N) is 1. The van der Waals surface area contributed by atoms with Crippen molar-refractivity contribution in [2.75, 3.05) is 5.32 Å². The first-order valence-electron chi connectivity index (χ1n) is 14.6. The van der Waals surface area contributed by atoms with Crippen LogP contribution in [0.25, 0.3) is 38.8 Å². The molecule has 218 valence electrons. The van der Waals surface area contributed by atoms with Crippen molar-refractivity contribution in [2.24, 2.45) is 4.99 Å². The van der Waals surface area contributed by atoms with Gasteiger partial charge in [0.05, 0.1) is 17.9 Å². The molecule has 0 fully saturated rings. The van der Waals surface area contributed by atoms with Crippen LogP contribution in [0.15, 0.2) is 157 Å². The number of anilines is 1. The van der Waals surface area contributed by atoms with Crippen LogP contribution in [0.1, 0.15) is 11.1 Å². The van der Waals surface area contributed by atoms with Crippen LogP contribution >= 0.6 is 22.9 Å². The molecule has 0 radical (unpaired) electrons. The summed E-state index contributed by atoms with van der Waals surface area (Å²) in [6, 6.07) is 48.6. The first-order chi connectivity index (χ1) is 22.2. The highest BCUT2D eigenvalue weighted by molar-refractivity contribution is 7.19. The first kappa shape index (κ1) is 28.5. The van der Waals surface area contributed by atoms with Crippen molar-refractivity contribution in [3.05, 3.63) is 168 Å². The second-order valence-electron chi connectivity index (χ2n) is 10.4. The van der Waals surface area contributed by atoms with E-state index in [1.165, 1.54) is 0 Å². The van der Waals surface area contributed by atoms with E-state index in [9.17, 15) is 0 Å². The second-order valence-corrected chi connectivity index (χ2v) is 11.8. The summed E-state index contributed by atoms with van der Waals surface area (Å²) in [7, 11) is 0. The van der Waals surface area contributed by atoms with Crippen LogP contribution in [0.4, 0.5) is 5.00 Å². The van der Waals surface area contributed by atoms with Crippen molar-refractivity contribution < 1.29 is 0 Å². The number of aliphatic imine (C=N–C) groups is 1. The Balaban J connectivity index is 1.31. The molecule has 0 atom stereocenters. The van der Waals surface area contributed by atoms with Gasteiger partial charge in [0.1, 0.15) is 21.5 Å². The fourth-order valence-corrected chi connectivity index (χ4v) is 6.18. The molecule has 0 amide bonds. The van der Waals surface area contributed by atoms with Gasteiger partial charge in [-0.05, 0) is 24.3 Å². The number of rotatable bonds is 8. The van der Waals surface area contributed by atoms with Crippen molar-refractivity contribution >= 4 is 33.8 Å². The average molecular weight is 622 g/mol. The van der Waals surface area contributed by atoms with Gasteiger partial charge in [-0.2, -0.15) is 5.10 Å². The van der Waals surface area contributed by atoms with E-state index < -0.39 is 0 Å². The zero-order valence-corrected chi connectivity index (χ0v) is 25.8. The molecular formula is C38H28ClN5S. The summed E-state index contributed by atoms with van der Waals surface area (Å²) < 4.78 is 1.91. The third-order valence-corrected chi connectivity index (χ3v) is 8.58. The number of amidine groups is 1. The number of thiazole rings is 1. The number of benzene rings is 5. The predicted octanol–water partition coefficient (Wildman–Crippen LogP) is 10.0. The van der Waals surface area contributed by atoms with E-state index in [1.807, 2.05) is 114 Å². The van der Waals surface area contributed by atoms with Gasteiger partial charge in [-0.3, -0.25) is 4.99 Å². The van der Waals surface area contributed by atoms with Crippen molar-refractivity contribution in [1.82, 2.24) is 14.8 Å². The number of hydrogen-bond donors (Lipinski definition) is 1. The summed E-state index contributed by atoms with van der Waals surface area (Å²) in [5.41, 5.74) is 7.81. The summed E-state index contributed by atoms with van der Waals surface area (Å²) >= 11 is 7.85. The zero-order valence-electron chi connectivity index (χ0n) is 24.2. The summed E-state index contributed by atoms with van der Waals surface area (Å²) in [6.45, 7) is 0.410. The normalized spacial score (nSPS) is 11.4. The smallest absolute Gasteiger partial charge is 0.133 e. The molecule has 0 spiro atoms. The Morgan fingerprint density at radius 2 is 1.24 bits per heavy atom. The summed E-state index contributed by atoms with van der Waals surface area (Å²) in [5, 5.41) is 11.2. The minimum absolute atomic E-state index is 0.410. The predicted molar refractivity (Wildman–Crippen MR) is 187 cm³/mol. The minimum atomic E-state index is 0.410. The maximum atomic E-state index is 6.23. The minimum Gasteiger partial charge on any atom is -0.330 e. The Hall–Kier alpha value is -5.30. The molecule has 5 nitrogen and oxygen atoms in total. The van der Waals surface area contributed by atoms with Gasteiger partial charge in [0.15, 0.2) is 0 Å². The molecule has 7 aromatic rings. The SMILES string of the molecule is Clc1ccc(-c2nn(-c3ccccc3)cc2CN=C(Nc2sc(-c3ccccc3)nc2-c2ccccc2)c2ccccc2)cc1. The van der Waals surface area contributed by atoms with Gasteiger partial charge >= 0.3 is 0 Å². The van der Waals surface area contributed by atoms with E-state index >= 15 is 0 Å². The third kappa shape index (κ3) is 6.48. The lowest BCUT2D eigenvalue weighted by Gasteiger charge is -2.11. The standard InChI is InChI=1S/C38H28ClN5S/c39-32-23-21-28(22-24-32)34-31(26-44(43-34)33-19-11-4-12-20-33)25-40-36(29-15-7-2-8-16-29)42-38-35(27-13-5-1-6-14-27)41-37(45-38)30-17-9-3-10-18-30/h1-24,26H,25H2,(H,40,42). The van der Waals surface area contributed by atoms with Crippen molar-refractivity contribution in [2.45, 2.75) is 6.54 Å². The lowest BCUT2D eigenvalue weighted by atomic mass is 10.1. The van der Waals surface area contributed by atoms with Gasteiger partial charge in [-0.25, -0.2) is 9.67 Å². The van der Waals surface area contributed by atoms with Crippen LogP contribution < -0.4 is 5.32 Å². The lowest BCUT2D eigenvalue weighted by Crippen LogP contribution is -2.14. The number of aromatic nitrogens is 3. The molecule has 0 saturated heterocycles. The highest BCUT2D eigenvalue weighted by atomic mass is 35.5. The van der Waals surface area contributed by atoms with E-state index in [-0.39, 0.29) is 0 Å². The van der Waals surface area contributed by atoms with Crippen molar-refractivity contribution in [1.29, 1.82) is 0 Å². The van der Waals surface area contributed by atoms with E-state index in [4.69, 9.17) is 26.7 Å². The molecule has 0 aliphatic carbocycles. The molecule has 45 heavy (non-hydrogen) atoms. The molecular weight excluding hydrogens is 594 g/mol. The molecule has 0 saturated carbocycles. The fraction of sp³-hybridized carbons (Fsp3) is 0.0263. The van der Waals surface area contributed by atoms with Crippen LogP contribution in [-0.2, 0) is 6.54 Å². The monoisotopic (exact) mass is 621 g/mol. The summed E-state index contributed by atoms with van der Waals surface area (Å²) in [5.74, 6) is 0.755. The Labute approximate surface area is 271 Å². The highest BCUT2D eigenvalue weighted by Gasteiger charge is 2.18. The number of hydrogen-bond acceptors (Lipinski definition) is 4. The Morgan fingerprint density at radius 3 is 1.91 bits per heavy atom. The Kier molecular flexibility index (Phi) is 8.31. The molecule has 2 aromatic heterocycles. The molecule has 7 heteroatoms. The maximum absolute atomic E-state index is 6.23. The summed E-state index contributed by atoms with van der Waals surface area (Å²) in [4.78, 5) is 10.3. The van der Waals surface area contributed by atoms with Crippen LogP contribution in [0.5, 0.6) is 0 Å². The highest BCUT2D eigenvalue weighted by Crippen LogP contribution is 2.38. The number of halogens is 1. The third-order valence-electron chi connectivity index (χ3n) is 7.31. The molecule has 0 aliphatic rings. The van der Waals surface area contributed by atoms with Gasteiger partial charge in [0.2, 0.25) is 0 Å². The molecule has 2 heterocycles. The van der Waals surface area contributed by atoms with Crippen LogP contribution in [-0.4, -0.2) is 20.6 Å². The maximum Gasteiger partial charge on any atom is 0.133 e. The molecule has 0 bridgehead atoms. The zero-order chi connectivity index (χ0) is 30.4. The number of nitrogens with zero attached hydrogens (tertiary/aromatic N) is 4. The van der Waals surface area contributed by atoms with Gasteiger partial charge in [0.25, 0.3) is 0 Å². The van der Waals surface area contributed by atoms with Gasteiger partial charge in [-0.1, -0.05) is 144 Å². The van der Waals surface area contributed by atoms with Crippen molar-refractivity contribution in [3.8, 4) is 38.8 Å². The topological polar surface area (TPSA) is 55.1 Å². The van der Waals surface area contributed by atoms with Crippen molar-refractivity contribution in [3.63, 3.8) is 0 Å². The molecule has 0 aliphatic heterocycles. The second kappa shape index (κ2) is 13.1. The molecule has 5 aromatic carbocycles. The van der Waals surface area contributed by atoms with Gasteiger partial charge in [0, 0.05) is 39.0 Å².